The third-order valence-electron chi connectivity index (χ3n) is 2.92. The smallest absolute Gasteiger partial charge is 0.399 e. The van der Waals surface area contributed by atoms with Crippen LogP contribution in [0.4, 0.5) is 49.1 Å². The second-order valence-corrected chi connectivity index (χ2v) is 4.75. The first kappa shape index (κ1) is 17.6. The summed E-state index contributed by atoms with van der Waals surface area (Å²) < 4.78 is 77.5. The Balaban J connectivity index is 2.50. The molecule has 0 unspecified atom stereocenters. The summed E-state index contributed by atoms with van der Waals surface area (Å²) in [5.74, 6) is 0. The van der Waals surface area contributed by atoms with Gasteiger partial charge in [-0.25, -0.2) is 0 Å². The summed E-state index contributed by atoms with van der Waals surface area (Å²) in [5.41, 5.74) is 6.56. The fourth-order valence-electron chi connectivity index (χ4n) is 1.84. The number of halogens is 6. The van der Waals surface area contributed by atoms with Crippen molar-refractivity contribution in [2.24, 2.45) is 10.2 Å². The third-order valence-corrected chi connectivity index (χ3v) is 2.92. The Bertz CT molecular complexity index is 714. The number of alkyl halides is 6. The number of anilines is 2. The predicted molar refractivity (Wildman–Crippen MR) is 75.9 cm³/mol. The molecule has 0 spiro atoms. The van der Waals surface area contributed by atoms with E-state index in [0.29, 0.717) is 12.1 Å². The summed E-state index contributed by atoms with van der Waals surface area (Å²) in [4.78, 5) is 0. The Hall–Kier alpha value is -2.78. The molecule has 0 saturated carbocycles. The molecular weight excluding hydrogens is 338 g/mol. The summed E-state index contributed by atoms with van der Waals surface area (Å²) in [6.45, 7) is 0. The molecule has 0 bridgehead atoms. The zero-order valence-corrected chi connectivity index (χ0v) is 11.8. The van der Waals surface area contributed by atoms with Crippen molar-refractivity contribution in [3.8, 4) is 0 Å². The van der Waals surface area contributed by atoms with E-state index in [-0.39, 0.29) is 11.4 Å². The van der Waals surface area contributed by atoms with Gasteiger partial charge in [0.1, 0.15) is 0 Å². The van der Waals surface area contributed by atoms with Gasteiger partial charge in [0.05, 0.1) is 22.5 Å². The van der Waals surface area contributed by atoms with Gasteiger partial charge in [-0.2, -0.15) is 26.3 Å². The van der Waals surface area contributed by atoms with Crippen molar-refractivity contribution in [1.82, 2.24) is 0 Å². The van der Waals surface area contributed by atoms with Crippen LogP contribution in [0, 0.1) is 0 Å². The zero-order valence-electron chi connectivity index (χ0n) is 11.8. The Morgan fingerprint density at radius 2 is 0.958 bits per heavy atom. The van der Waals surface area contributed by atoms with Crippen LogP contribution in [0.5, 0.6) is 0 Å². The molecule has 4 N–H and O–H groups in total. The lowest BCUT2D eigenvalue weighted by atomic mass is 10.1. The van der Waals surface area contributed by atoms with Crippen molar-refractivity contribution in [1.29, 1.82) is 0 Å². The molecule has 0 amide bonds. The second kappa shape index (κ2) is 6.02. The minimum atomic E-state index is -4.78. The first-order valence-electron chi connectivity index (χ1n) is 6.33. The van der Waals surface area contributed by atoms with Gasteiger partial charge in [0.25, 0.3) is 0 Å². The topological polar surface area (TPSA) is 76.8 Å². The van der Waals surface area contributed by atoms with E-state index in [1.54, 1.807) is 0 Å². The zero-order chi connectivity index (χ0) is 18.1. The molecule has 0 aliphatic rings. The molecule has 2 aromatic rings. The highest BCUT2D eigenvalue weighted by Gasteiger charge is 2.35. The fourth-order valence-corrected chi connectivity index (χ4v) is 1.84. The first-order valence-corrected chi connectivity index (χ1v) is 6.33. The molecule has 0 aliphatic heterocycles. The summed E-state index contributed by atoms with van der Waals surface area (Å²) >= 11 is 0. The molecule has 2 aromatic carbocycles. The average molecular weight is 348 g/mol. The molecule has 0 saturated heterocycles. The van der Waals surface area contributed by atoms with Crippen molar-refractivity contribution >= 4 is 22.7 Å². The van der Waals surface area contributed by atoms with Crippen LogP contribution in [0.25, 0.3) is 0 Å². The molecule has 10 heteroatoms. The highest BCUT2D eigenvalue weighted by molar-refractivity contribution is 5.58. The summed E-state index contributed by atoms with van der Waals surface area (Å²) in [7, 11) is 0. The lowest BCUT2D eigenvalue weighted by Gasteiger charge is -2.11. The maximum Gasteiger partial charge on any atom is 0.418 e. The number of nitrogens with two attached hydrogens (primary N) is 2. The maximum atomic E-state index is 12.9. The van der Waals surface area contributed by atoms with E-state index < -0.39 is 34.9 Å². The van der Waals surface area contributed by atoms with E-state index in [9.17, 15) is 26.3 Å². The molecule has 0 fully saturated rings. The summed E-state index contributed by atoms with van der Waals surface area (Å²) in [5, 5.41) is 6.59. The maximum absolute atomic E-state index is 12.9. The van der Waals surface area contributed by atoms with Gasteiger partial charge in [0.15, 0.2) is 0 Å². The van der Waals surface area contributed by atoms with Crippen molar-refractivity contribution < 1.29 is 26.3 Å². The van der Waals surface area contributed by atoms with E-state index >= 15 is 0 Å². The number of hydrogen-bond acceptors (Lipinski definition) is 4. The van der Waals surface area contributed by atoms with Gasteiger partial charge in [0.2, 0.25) is 0 Å². The van der Waals surface area contributed by atoms with E-state index in [1.165, 1.54) is 0 Å². The predicted octanol–water partition coefficient (Wildman–Crippen LogP) is 5.30. The Morgan fingerprint density at radius 1 is 0.625 bits per heavy atom. The second-order valence-electron chi connectivity index (χ2n) is 4.75. The molecule has 0 heterocycles. The van der Waals surface area contributed by atoms with Crippen molar-refractivity contribution in [2.75, 3.05) is 11.5 Å². The third kappa shape index (κ3) is 3.94. The van der Waals surface area contributed by atoms with Crippen LogP contribution < -0.4 is 11.5 Å². The minimum absolute atomic E-state index is 0.162. The fraction of sp³-hybridized carbons (Fsp3) is 0.143. The Kier molecular flexibility index (Phi) is 4.41. The Labute approximate surface area is 131 Å². The van der Waals surface area contributed by atoms with Crippen molar-refractivity contribution in [2.45, 2.75) is 12.4 Å². The molecular formula is C14H10F6N4. The molecule has 4 nitrogen and oxygen atoms in total. The number of hydrogen-bond donors (Lipinski definition) is 2. The van der Waals surface area contributed by atoms with Gasteiger partial charge >= 0.3 is 12.4 Å². The van der Waals surface area contributed by atoms with Crippen LogP contribution in [0.2, 0.25) is 0 Å². The SMILES string of the molecule is Nc1ccc(N=Nc2ccc(N)cc2C(F)(F)F)c(C(F)(F)F)c1. The van der Waals surface area contributed by atoms with Crippen molar-refractivity contribution in [3.05, 3.63) is 47.5 Å². The van der Waals surface area contributed by atoms with Gasteiger partial charge in [-0.1, -0.05) is 0 Å². The van der Waals surface area contributed by atoms with Crippen LogP contribution in [-0.4, -0.2) is 0 Å². The summed E-state index contributed by atoms with van der Waals surface area (Å²) in [6, 6.07) is 5.37. The molecule has 24 heavy (non-hydrogen) atoms. The molecule has 128 valence electrons. The molecule has 0 atom stereocenters. The number of nitrogens with zero attached hydrogens (tertiary/aromatic N) is 2. The number of nitrogen functional groups attached to an aromatic ring is 2. The lowest BCUT2D eigenvalue weighted by molar-refractivity contribution is -0.138. The lowest BCUT2D eigenvalue weighted by Crippen LogP contribution is -2.06. The van der Waals surface area contributed by atoms with E-state index in [2.05, 4.69) is 10.2 Å². The largest absolute Gasteiger partial charge is 0.418 e. The van der Waals surface area contributed by atoms with Gasteiger partial charge in [0, 0.05) is 11.4 Å². The van der Waals surface area contributed by atoms with E-state index in [4.69, 9.17) is 11.5 Å². The van der Waals surface area contributed by atoms with Gasteiger partial charge in [-0.3, -0.25) is 0 Å². The van der Waals surface area contributed by atoms with Crippen LogP contribution in [0.1, 0.15) is 11.1 Å². The van der Waals surface area contributed by atoms with E-state index in [1.807, 2.05) is 0 Å². The van der Waals surface area contributed by atoms with Crippen LogP contribution in [-0.2, 0) is 12.4 Å². The molecule has 0 aliphatic carbocycles. The molecule has 2 rings (SSSR count). The number of rotatable bonds is 2. The molecule has 0 aromatic heterocycles. The van der Waals surface area contributed by atoms with Gasteiger partial charge in [-0.15, -0.1) is 10.2 Å². The average Bonchev–Trinajstić information content (AvgIpc) is 2.45. The van der Waals surface area contributed by atoms with Crippen LogP contribution >= 0.6 is 0 Å². The van der Waals surface area contributed by atoms with Crippen LogP contribution in [0.15, 0.2) is 46.6 Å². The normalized spacial score (nSPS) is 12.8. The first-order chi connectivity index (χ1) is 11.0. The Morgan fingerprint density at radius 3 is 1.25 bits per heavy atom. The van der Waals surface area contributed by atoms with Crippen LogP contribution in [0.3, 0.4) is 0 Å². The minimum Gasteiger partial charge on any atom is -0.399 e. The monoisotopic (exact) mass is 348 g/mol. The van der Waals surface area contributed by atoms with Gasteiger partial charge in [-0.05, 0) is 36.4 Å². The quantitative estimate of drug-likeness (QED) is 0.439. The number of azo groups is 1. The highest BCUT2D eigenvalue weighted by atomic mass is 19.4. The number of benzene rings is 2. The van der Waals surface area contributed by atoms with Crippen molar-refractivity contribution in [3.63, 3.8) is 0 Å². The standard InChI is InChI=1S/C14H10F6N4/c15-13(16,17)9-5-7(21)1-3-11(9)23-24-12-4-2-8(22)6-10(12)14(18,19)20/h1-6H,21-22H2. The highest BCUT2D eigenvalue weighted by Crippen LogP contribution is 2.40. The molecule has 0 radical (unpaired) electrons. The van der Waals surface area contributed by atoms with Gasteiger partial charge < -0.3 is 11.5 Å². The summed E-state index contributed by atoms with van der Waals surface area (Å²) in [6.07, 6.45) is -9.56. The van der Waals surface area contributed by atoms with E-state index in [0.717, 1.165) is 24.3 Å².